The molecule has 0 unspecified atom stereocenters. The minimum Gasteiger partial charge on any atom is -0.372 e. The van der Waals surface area contributed by atoms with Crippen LogP contribution in [0.2, 0.25) is 0 Å². The summed E-state index contributed by atoms with van der Waals surface area (Å²) in [6.07, 6.45) is 0.860. The lowest BCUT2D eigenvalue weighted by Crippen LogP contribution is -2.38. The van der Waals surface area contributed by atoms with Crippen molar-refractivity contribution in [2.45, 2.75) is 19.8 Å². The third-order valence-electron chi connectivity index (χ3n) is 4.13. The van der Waals surface area contributed by atoms with Gasteiger partial charge in [0.25, 0.3) is 0 Å². The standard InChI is InChI=1S/C21H26FN3O2/c1-2-25(19-10-4-3-5-11-19)13-7-12-23-21(27)16-24-20(26)15-17-8-6-9-18(22)14-17/h3-6,8-11,14H,2,7,12-13,15-16H2,1H3,(H,23,27)(H,24,26). The van der Waals surface area contributed by atoms with E-state index >= 15 is 0 Å². The van der Waals surface area contributed by atoms with Crippen LogP contribution in [0.5, 0.6) is 0 Å². The summed E-state index contributed by atoms with van der Waals surface area (Å²) in [6, 6.07) is 16.0. The molecule has 0 fully saturated rings. The number of para-hydroxylation sites is 1. The molecular weight excluding hydrogens is 345 g/mol. The lowest BCUT2D eigenvalue weighted by molar-refractivity contribution is -0.125. The SMILES string of the molecule is CCN(CCCNC(=O)CNC(=O)Cc1cccc(F)c1)c1ccccc1. The Morgan fingerprint density at radius 1 is 1.00 bits per heavy atom. The zero-order valence-electron chi connectivity index (χ0n) is 15.6. The fourth-order valence-corrected chi connectivity index (χ4v) is 2.74. The lowest BCUT2D eigenvalue weighted by Gasteiger charge is -2.23. The van der Waals surface area contributed by atoms with Gasteiger partial charge in [-0.2, -0.15) is 0 Å². The van der Waals surface area contributed by atoms with Gasteiger partial charge < -0.3 is 15.5 Å². The molecule has 2 rings (SSSR count). The number of rotatable bonds is 10. The molecule has 0 spiro atoms. The third kappa shape index (κ3) is 7.48. The summed E-state index contributed by atoms with van der Waals surface area (Å²) >= 11 is 0. The molecule has 0 bridgehead atoms. The number of anilines is 1. The average molecular weight is 371 g/mol. The summed E-state index contributed by atoms with van der Waals surface area (Å²) in [7, 11) is 0. The molecule has 27 heavy (non-hydrogen) atoms. The molecule has 6 heteroatoms. The Balaban J connectivity index is 1.62. The molecular formula is C21H26FN3O2. The third-order valence-corrected chi connectivity index (χ3v) is 4.13. The number of carbonyl (C=O) groups excluding carboxylic acids is 2. The van der Waals surface area contributed by atoms with Crippen LogP contribution in [-0.4, -0.2) is 38.0 Å². The van der Waals surface area contributed by atoms with E-state index < -0.39 is 0 Å². The number of amides is 2. The van der Waals surface area contributed by atoms with Crippen molar-refractivity contribution in [2.75, 3.05) is 31.1 Å². The van der Waals surface area contributed by atoms with Crippen LogP contribution in [0.25, 0.3) is 0 Å². The van der Waals surface area contributed by atoms with E-state index in [4.69, 9.17) is 0 Å². The second kappa shape index (κ2) is 11.0. The van der Waals surface area contributed by atoms with Crippen LogP contribution in [0.15, 0.2) is 54.6 Å². The highest BCUT2D eigenvalue weighted by Gasteiger charge is 2.08. The summed E-state index contributed by atoms with van der Waals surface area (Å²) in [6.45, 7) is 4.30. The Bertz CT molecular complexity index is 737. The summed E-state index contributed by atoms with van der Waals surface area (Å²) in [4.78, 5) is 25.9. The maximum atomic E-state index is 13.1. The summed E-state index contributed by atoms with van der Waals surface area (Å²) in [5.74, 6) is -0.919. The predicted octanol–water partition coefficient (Wildman–Crippen LogP) is 2.52. The number of hydrogen-bond acceptors (Lipinski definition) is 3. The van der Waals surface area contributed by atoms with E-state index in [2.05, 4.69) is 34.6 Å². The zero-order valence-corrected chi connectivity index (χ0v) is 15.6. The van der Waals surface area contributed by atoms with Crippen molar-refractivity contribution < 1.29 is 14.0 Å². The molecule has 144 valence electrons. The Morgan fingerprint density at radius 2 is 1.78 bits per heavy atom. The highest BCUT2D eigenvalue weighted by Crippen LogP contribution is 2.12. The maximum Gasteiger partial charge on any atom is 0.239 e. The second-order valence-electron chi connectivity index (χ2n) is 6.20. The van der Waals surface area contributed by atoms with Crippen LogP contribution in [-0.2, 0) is 16.0 Å². The molecule has 0 aliphatic carbocycles. The number of halogens is 1. The van der Waals surface area contributed by atoms with Crippen molar-refractivity contribution in [2.24, 2.45) is 0 Å². The van der Waals surface area contributed by atoms with E-state index in [9.17, 15) is 14.0 Å². The zero-order chi connectivity index (χ0) is 19.5. The van der Waals surface area contributed by atoms with Crippen LogP contribution >= 0.6 is 0 Å². The van der Waals surface area contributed by atoms with Crippen LogP contribution in [0.1, 0.15) is 18.9 Å². The smallest absolute Gasteiger partial charge is 0.239 e. The van der Waals surface area contributed by atoms with E-state index in [0.29, 0.717) is 12.1 Å². The van der Waals surface area contributed by atoms with Crippen molar-refractivity contribution >= 4 is 17.5 Å². The monoisotopic (exact) mass is 371 g/mol. The Morgan fingerprint density at radius 3 is 2.48 bits per heavy atom. The summed E-state index contributed by atoms with van der Waals surface area (Å²) < 4.78 is 13.1. The fourth-order valence-electron chi connectivity index (χ4n) is 2.74. The summed E-state index contributed by atoms with van der Waals surface area (Å²) in [5, 5.41) is 5.35. The second-order valence-corrected chi connectivity index (χ2v) is 6.20. The van der Waals surface area contributed by atoms with Crippen molar-refractivity contribution in [3.05, 3.63) is 66.0 Å². The van der Waals surface area contributed by atoms with Crippen LogP contribution in [0.3, 0.4) is 0 Å². The molecule has 2 aromatic carbocycles. The first kappa shape index (κ1) is 20.4. The highest BCUT2D eigenvalue weighted by atomic mass is 19.1. The van der Waals surface area contributed by atoms with E-state index in [1.165, 1.54) is 12.1 Å². The molecule has 5 nitrogen and oxygen atoms in total. The van der Waals surface area contributed by atoms with Gasteiger partial charge in [0.05, 0.1) is 13.0 Å². The molecule has 0 aromatic heterocycles. The minimum atomic E-state index is -0.380. The van der Waals surface area contributed by atoms with Gasteiger partial charge in [0, 0.05) is 25.3 Å². The van der Waals surface area contributed by atoms with Gasteiger partial charge in [-0.3, -0.25) is 9.59 Å². The Kier molecular flexibility index (Phi) is 8.29. The highest BCUT2D eigenvalue weighted by molar-refractivity contribution is 5.85. The number of nitrogens with zero attached hydrogens (tertiary/aromatic N) is 1. The molecule has 0 atom stereocenters. The largest absolute Gasteiger partial charge is 0.372 e. The Hall–Kier alpha value is -2.89. The van der Waals surface area contributed by atoms with Gasteiger partial charge in [0.15, 0.2) is 0 Å². The van der Waals surface area contributed by atoms with E-state index in [0.717, 1.165) is 25.2 Å². The molecule has 2 amide bonds. The summed E-state index contributed by atoms with van der Waals surface area (Å²) in [5.41, 5.74) is 1.74. The minimum absolute atomic E-state index is 0.0492. The van der Waals surface area contributed by atoms with E-state index in [1.54, 1.807) is 12.1 Å². The molecule has 0 aliphatic heterocycles. The van der Waals surface area contributed by atoms with Crippen LogP contribution in [0, 0.1) is 5.82 Å². The van der Waals surface area contributed by atoms with Crippen molar-refractivity contribution in [3.63, 3.8) is 0 Å². The maximum absolute atomic E-state index is 13.1. The van der Waals surface area contributed by atoms with Crippen LogP contribution in [0.4, 0.5) is 10.1 Å². The molecule has 2 aromatic rings. The van der Waals surface area contributed by atoms with Crippen LogP contribution < -0.4 is 15.5 Å². The van der Waals surface area contributed by atoms with Gasteiger partial charge in [0.1, 0.15) is 5.82 Å². The van der Waals surface area contributed by atoms with Crippen molar-refractivity contribution in [1.29, 1.82) is 0 Å². The van der Waals surface area contributed by atoms with Gasteiger partial charge in [-0.1, -0.05) is 30.3 Å². The topological polar surface area (TPSA) is 61.4 Å². The van der Waals surface area contributed by atoms with Crippen molar-refractivity contribution in [1.82, 2.24) is 10.6 Å². The first-order chi connectivity index (χ1) is 13.1. The van der Waals surface area contributed by atoms with Gasteiger partial charge in [-0.25, -0.2) is 4.39 Å². The predicted molar refractivity (Wildman–Crippen MR) is 105 cm³/mol. The van der Waals surface area contributed by atoms with Gasteiger partial charge in [0.2, 0.25) is 11.8 Å². The number of carbonyl (C=O) groups is 2. The first-order valence-electron chi connectivity index (χ1n) is 9.16. The van der Waals surface area contributed by atoms with E-state index in [1.807, 2.05) is 18.2 Å². The molecule has 0 saturated carbocycles. The molecule has 0 saturated heterocycles. The van der Waals surface area contributed by atoms with E-state index in [-0.39, 0.29) is 30.6 Å². The number of hydrogen-bond donors (Lipinski definition) is 2. The first-order valence-corrected chi connectivity index (χ1v) is 9.16. The van der Waals surface area contributed by atoms with Gasteiger partial charge >= 0.3 is 0 Å². The van der Waals surface area contributed by atoms with Crippen molar-refractivity contribution in [3.8, 4) is 0 Å². The number of nitrogens with one attached hydrogen (secondary N) is 2. The fraction of sp³-hybridized carbons (Fsp3) is 0.333. The molecule has 0 radical (unpaired) electrons. The number of benzene rings is 2. The quantitative estimate of drug-likeness (QED) is 0.631. The van der Waals surface area contributed by atoms with Gasteiger partial charge in [-0.15, -0.1) is 0 Å². The van der Waals surface area contributed by atoms with Gasteiger partial charge in [-0.05, 0) is 43.2 Å². The lowest BCUT2D eigenvalue weighted by atomic mass is 10.1. The normalized spacial score (nSPS) is 10.3. The molecule has 0 aliphatic rings. The molecule has 2 N–H and O–H groups in total. The Labute approximate surface area is 159 Å². The average Bonchev–Trinajstić information content (AvgIpc) is 2.67. The molecule has 0 heterocycles.